The van der Waals surface area contributed by atoms with Crippen molar-refractivity contribution in [3.8, 4) is 0 Å². The fourth-order valence-electron chi connectivity index (χ4n) is 1.32. The van der Waals surface area contributed by atoms with Crippen LogP contribution in [0.25, 0.3) is 0 Å². The lowest BCUT2D eigenvalue weighted by Crippen LogP contribution is -2.21. The molecule has 0 heterocycles. The van der Waals surface area contributed by atoms with Crippen molar-refractivity contribution in [3.63, 3.8) is 0 Å². The van der Waals surface area contributed by atoms with Crippen molar-refractivity contribution < 1.29 is 17.2 Å². The van der Waals surface area contributed by atoms with Gasteiger partial charge in [-0.05, 0) is 23.6 Å². The molecule has 6 heteroatoms. The minimum absolute atomic E-state index is 0.301. The maximum atomic E-state index is 12.0. The van der Waals surface area contributed by atoms with Crippen LogP contribution in [-0.4, -0.2) is 20.6 Å². The molecule has 3 nitrogen and oxygen atoms in total. The molecule has 0 amide bonds. The first-order chi connectivity index (χ1) is 7.80. The molecule has 0 bridgehead atoms. The second kappa shape index (κ2) is 5.44. The van der Waals surface area contributed by atoms with Crippen molar-refractivity contribution in [1.29, 1.82) is 0 Å². The fourth-order valence-corrected chi connectivity index (χ4v) is 2.23. The van der Waals surface area contributed by atoms with E-state index in [1.165, 1.54) is 0 Å². The van der Waals surface area contributed by atoms with Gasteiger partial charge in [-0.2, -0.15) is 0 Å². The molecule has 1 aromatic rings. The number of hydrogen-bond acceptors (Lipinski definition) is 2. The first-order valence-corrected chi connectivity index (χ1v) is 6.84. The lowest BCUT2D eigenvalue weighted by atomic mass is 10.0. The molecule has 0 radical (unpaired) electrons. The standard InChI is InChI=1S/C11H15F2NO2S/c1-8(2)9-3-5-10(6-4-9)14-17(15,16)7-11(12)13/h3-6,8,11,14H,7H2,1-2H3. The Kier molecular flexibility index (Phi) is 4.45. The van der Waals surface area contributed by atoms with Gasteiger partial charge in [-0.25, -0.2) is 17.2 Å². The second-order valence-corrected chi connectivity index (χ2v) is 5.82. The summed E-state index contributed by atoms with van der Waals surface area (Å²) in [7, 11) is -3.97. The normalized spacial score (nSPS) is 12.1. The minimum atomic E-state index is -3.97. The molecule has 0 fully saturated rings. The van der Waals surface area contributed by atoms with Gasteiger partial charge in [0.15, 0.2) is 0 Å². The summed E-state index contributed by atoms with van der Waals surface area (Å²) in [5.74, 6) is -0.847. The smallest absolute Gasteiger partial charge is 0.254 e. The van der Waals surface area contributed by atoms with E-state index in [1.54, 1.807) is 24.3 Å². The molecular formula is C11H15F2NO2S. The van der Waals surface area contributed by atoms with Crippen molar-refractivity contribution in [2.24, 2.45) is 0 Å². The maximum absolute atomic E-state index is 12.0. The van der Waals surface area contributed by atoms with Gasteiger partial charge in [-0.1, -0.05) is 26.0 Å². The van der Waals surface area contributed by atoms with Crippen LogP contribution in [0.5, 0.6) is 0 Å². The Labute approximate surface area is 99.9 Å². The Bertz CT molecular complexity index is 455. The lowest BCUT2D eigenvalue weighted by molar-refractivity contribution is 0.174. The third kappa shape index (κ3) is 4.68. The van der Waals surface area contributed by atoms with Crippen molar-refractivity contribution in [2.45, 2.75) is 26.2 Å². The van der Waals surface area contributed by atoms with Gasteiger partial charge >= 0.3 is 0 Å². The predicted octanol–water partition coefficient (Wildman–Crippen LogP) is 2.82. The van der Waals surface area contributed by atoms with Crippen LogP contribution in [0, 0.1) is 0 Å². The van der Waals surface area contributed by atoms with Crippen LogP contribution < -0.4 is 4.72 Å². The van der Waals surface area contributed by atoms with Crippen molar-refractivity contribution in [3.05, 3.63) is 29.8 Å². The summed E-state index contributed by atoms with van der Waals surface area (Å²) in [6.45, 7) is 4.02. The highest BCUT2D eigenvalue weighted by Crippen LogP contribution is 2.18. The van der Waals surface area contributed by atoms with Crippen LogP contribution in [0.4, 0.5) is 14.5 Å². The number of nitrogens with one attached hydrogen (secondary N) is 1. The molecule has 1 N–H and O–H groups in total. The van der Waals surface area contributed by atoms with Gasteiger partial charge in [0.2, 0.25) is 10.0 Å². The SMILES string of the molecule is CC(C)c1ccc(NS(=O)(=O)CC(F)F)cc1. The van der Waals surface area contributed by atoms with Gasteiger partial charge in [0.1, 0.15) is 5.75 Å². The third-order valence-electron chi connectivity index (χ3n) is 2.20. The predicted molar refractivity (Wildman–Crippen MR) is 63.9 cm³/mol. The van der Waals surface area contributed by atoms with Crippen molar-refractivity contribution in [1.82, 2.24) is 0 Å². The summed E-state index contributed by atoms with van der Waals surface area (Å²) in [4.78, 5) is 0. The summed E-state index contributed by atoms with van der Waals surface area (Å²) < 4.78 is 48.6. The van der Waals surface area contributed by atoms with Crippen molar-refractivity contribution in [2.75, 3.05) is 10.5 Å². The zero-order valence-corrected chi connectivity index (χ0v) is 10.5. The summed E-state index contributed by atoms with van der Waals surface area (Å²) in [5, 5.41) is 0. The van der Waals surface area contributed by atoms with E-state index in [1.807, 2.05) is 13.8 Å². The van der Waals surface area contributed by atoms with Gasteiger partial charge in [0.05, 0.1) is 0 Å². The highest BCUT2D eigenvalue weighted by atomic mass is 32.2. The third-order valence-corrected chi connectivity index (χ3v) is 3.43. The van der Waals surface area contributed by atoms with Gasteiger partial charge in [-0.3, -0.25) is 4.72 Å². The van der Waals surface area contributed by atoms with Gasteiger partial charge in [0, 0.05) is 5.69 Å². The van der Waals surface area contributed by atoms with E-state index >= 15 is 0 Å². The first kappa shape index (κ1) is 13.9. The molecule has 0 atom stereocenters. The number of anilines is 1. The Morgan fingerprint density at radius 3 is 2.12 bits per heavy atom. The van der Waals surface area contributed by atoms with Crippen LogP contribution in [0.2, 0.25) is 0 Å². The van der Waals surface area contributed by atoms with E-state index in [9.17, 15) is 17.2 Å². The Morgan fingerprint density at radius 2 is 1.71 bits per heavy atom. The number of hydrogen-bond donors (Lipinski definition) is 1. The van der Waals surface area contributed by atoms with E-state index in [2.05, 4.69) is 4.72 Å². The monoisotopic (exact) mass is 263 g/mol. The topological polar surface area (TPSA) is 46.2 Å². The van der Waals surface area contributed by atoms with E-state index < -0.39 is 22.2 Å². The van der Waals surface area contributed by atoms with Crippen LogP contribution >= 0.6 is 0 Å². The minimum Gasteiger partial charge on any atom is -0.283 e. The number of alkyl halides is 2. The molecule has 1 aromatic carbocycles. The van der Waals surface area contributed by atoms with Crippen LogP contribution in [0.3, 0.4) is 0 Å². The number of sulfonamides is 1. The zero-order valence-electron chi connectivity index (χ0n) is 9.65. The highest BCUT2D eigenvalue weighted by molar-refractivity contribution is 7.92. The largest absolute Gasteiger partial charge is 0.283 e. The van der Waals surface area contributed by atoms with Crippen molar-refractivity contribution >= 4 is 15.7 Å². The van der Waals surface area contributed by atoms with E-state index in [4.69, 9.17) is 0 Å². The first-order valence-electron chi connectivity index (χ1n) is 5.19. The molecule has 96 valence electrons. The maximum Gasteiger partial charge on any atom is 0.254 e. The van der Waals surface area contributed by atoms with Crippen LogP contribution in [0.15, 0.2) is 24.3 Å². The second-order valence-electron chi connectivity index (χ2n) is 4.05. The van der Waals surface area contributed by atoms with E-state index in [0.29, 0.717) is 11.6 Å². The molecule has 0 unspecified atom stereocenters. The molecule has 0 spiro atoms. The fraction of sp³-hybridized carbons (Fsp3) is 0.455. The molecule has 17 heavy (non-hydrogen) atoms. The summed E-state index contributed by atoms with van der Waals surface area (Å²) in [5.41, 5.74) is 1.36. The Balaban J connectivity index is 2.76. The van der Waals surface area contributed by atoms with Gasteiger partial charge < -0.3 is 0 Å². The number of halogens is 2. The molecule has 0 saturated carbocycles. The molecular weight excluding hydrogens is 248 g/mol. The molecule has 0 aliphatic rings. The van der Waals surface area contributed by atoms with Gasteiger partial charge in [0.25, 0.3) is 6.43 Å². The summed E-state index contributed by atoms with van der Waals surface area (Å²) >= 11 is 0. The summed E-state index contributed by atoms with van der Waals surface area (Å²) in [6.07, 6.45) is -2.87. The highest BCUT2D eigenvalue weighted by Gasteiger charge is 2.17. The lowest BCUT2D eigenvalue weighted by Gasteiger charge is -2.09. The van der Waals surface area contributed by atoms with Gasteiger partial charge in [-0.15, -0.1) is 0 Å². The number of benzene rings is 1. The Morgan fingerprint density at radius 1 is 1.18 bits per heavy atom. The molecule has 0 saturated heterocycles. The van der Waals surface area contributed by atoms with Crippen LogP contribution in [-0.2, 0) is 10.0 Å². The quantitative estimate of drug-likeness (QED) is 0.888. The van der Waals surface area contributed by atoms with E-state index in [0.717, 1.165) is 5.56 Å². The molecule has 0 aromatic heterocycles. The Hall–Kier alpha value is -1.17. The molecule has 0 aliphatic carbocycles. The average Bonchev–Trinajstić information content (AvgIpc) is 2.15. The van der Waals surface area contributed by atoms with Crippen LogP contribution in [0.1, 0.15) is 25.3 Å². The average molecular weight is 263 g/mol. The summed E-state index contributed by atoms with van der Waals surface area (Å²) in [6, 6.07) is 6.67. The molecule has 1 rings (SSSR count). The van der Waals surface area contributed by atoms with E-state index in [-0.39, 0.29) is 0 Å². The zero-order chi connectivity index (χ0) is 13.1. The number of rotatable bonds is 5. The molecule has 0 aliphatic heterocycles.